The maximum atomic E-state index is 13.0. The second-order valence-corrected chi connectivity index (χ2v) is 6.43. The molecule has 3 aromatic rings. The SMILES string of the molecule is COc1ccnc2c1C(=O)c1nc3ccc(Br)cc3c(C)c1C2=O. The molecule has 2 aromatic heterocycles. The summed E-state index contributed by atoms with van der Waals surface area (Å²) in [5, 5.41) is 0.829. The monoisotopic (exact) mass is 382 g/mol. The number of halogens is 1. The number of aryl methyl sites for hydroxylation is 1. The molecule has 0 radical (unpaired) electrons. The van der Waals surface area contributed by atoms with Gasteiger partial charge in [-0.1, -0.05) is 15.9 Å². The molecule has 1 aliphatic rings. The second-order valence-electron chi connectivity index (χ2n) is 5.52. The number of fused-ring (bicyclic) bond motifs is 3. The molecule has 0 saturated heterocycles. The molecule has 24 heavy (non-hydrogen) atoms. The van der Waals surface area contributed by atoms with Gasteiger partial charge >= 0.3 is 0 Å². The van der Waals surface area contributed by atoms with Gasteiger partial charge in [0.25, 0.3) is 0 Å². The van der Waals surface area contributed by atoms with E-state index in [-0.39, 0.29) is 28.5 Å². The molecule has 1 aliphatic carbocycles. The Morgan fingerprint density at radius 3 is 2.54 bits per heavy atom. The van der Waals surface area contributed by atoms with Crippen LogP contribution in [0.5, 0.6) is 5.75 Å². The molecule has 0 aliphatic heterocycles. The van der Waals surface area contributed by atoms with E-state index in [2.05, 4.69) is 25.9 Å². The van der Waals surface area contributed by atoms with Gasteiger partial charge in [-0.25, -0.2) is 4.98 Å². The van der Waals surface area contributed by atoms with Gasteiger partial charge < -0.3 is 4.74 Å². The summed E-state index contributed by atoms with van der Waals surface area (Å²) in [7, 11) is 1.46. The fourth-order valence-corrected chi connectivity index (χ4v) is 3.44. The summed E-state index contributed by atoms with van der Waals surface area (Å²) in [6, 6.07) is 7.14. The van der Waals surface area contributed by atoms with Gasteiger partial charge in [0.15, 0.2) is 0 Å². The summed E-state index contributed by atoms with van der Waals surface area (Å²) in [5.41, 5.74) is 2.17. The van der Waals surface area contributed by atoms with Crippen LogP contribution in [0.2, 0.25) is 0 Å². The third-order valence-corrected chi connectivity index (χ3v) is 4.72. The summed E-state index contributed by atoms with van der Waals surface area (Å²) >= 11 is 3.43. The third kappa shape index (κ3) is 1.93. The number of ether oxygens (including phenoxy) is 1. The summed E-state index contributed by atoms with van der Waals surface area (Å²) in [5.74, 6) is -0.304. The van der Waals surface area contributed by atoms with E-state index in [9.17, 15) is 9.59 Å². The van der Waals surface area contributed by atoms with Crippen molar-refractivity contribution in [3.8, 4) is 5.75 Å². The van der Waals surface area contributed by atoms with Crippen molar-refractivity contribution in [2.24, 2.45) is 0 Å². The molecule has 0 bridgehead atoms. The minimum Gasteiger partial charge on any atom is -0.496 e. The largest absolute Gasteiger partial charge is 0.496 e. The molecule has 6 heteroatoms. The van der Waals surface area contributed by atoms with E-state index in [1.54, 1.807) is 6.07 Å². The Bertz CT molecular complexity index is 1060. The predicted molar refractivity (Wildman–Crippen MR) is 91.8 cm³/mol. The molecule has 2 heterocycles. The lowest BCUT2D eigenvalue weighted by Gasteiger charge is -2.20. The zero-order valence-corrected chi connectivity index (χ0v) is 14.5. The third-order valence-electron chi connectivity index (χ3n) is 4.22. The van der Waals surface area contributed by atoms with E-state index < -0.39 is 0 Å². The van der Waals surface area contributed by atoms with Gasteiger partial charge in [-0.2, -0.15) is 0 Å². The average Bonchev–Trinajstić information content (AvgIpc) is 2.59. The maximum absolute atomic E-state index is 13.0. The Hall–Kier alpha value is -2.60. The minimum absolute atomic E-state index is 0.117. The highest BCUT2D eigenvalue weighted by Crippen LogP contribution is 2.35. The van der Waals surface area contributed by atoms with Crippen LogP contribution < -0.4 is 4.74 Å². The van der Waals surface area contributed by atoms with E-state index in [1.165, 1.54) is 13.3 Å². The van der Waals surface area contributed by atoms with Crippen LogP contribution in [0.1, 0.15) is 37.7 Å². The number of aromatic nitrogens is 2. The summed E-state index contributed by atoms with van der Waals surface area (Å²) in [6.07, 6.45) is 1.47. The Kier molecular flexibility index (Phi) is 3.25. The molecule has 0 N–H and O–H groups in total. The smallest absolute Gasteiger partial charge is 0.218 e. The molecule has 5 nitrogen and oxygen atoms in total. The molecular formula is C18H11BrN2O3. The summed E-state index contributed by atoms with van der Waals surface area (Å²) < 4.78 is 6.12. The van der Waals surface area contributed by atoms with E-state index in [0.29, 0.717) is 16.8 Å². The van der Waals surface area contributed by atoms with E-state index >= 15 is 0 Å². The first-order valence-electron chi connectivity index (χ1n) is 7.25. The second kappa shape index (κ2) is 5.21. The number of nitrogens with zero attached hydrogens (tertiary/aromatic N) is 2. The van der Waals surface area contributed by atoms with Gasteiger partial charge in [-0.15, -0.1) is 0 Å². The van der Waals surface area contributed by atoms with Crippen LogP contribution in [0.4, 0.5) is 0 Å². The standard InChI is InChI=1S/C18H11BrN2O3/c1-8-10-7-9(19)3-4-11(10)21-16-13(8)17(22)15-14(18(16)23)12(24-2)5-6-20-15/h3-7H,1-2H3. The van der Waals surface area contributed by atoms with Crippen molar-refractivity contribution in [2.45, 2.75) is 6.92 Å². The zero-order valence-electron chi connectivity index (χ0n) is 12.9. The number of benzene rings is 1. The van der Waals surface area contributed by atoms with Crippen LogP contribution in [0.25, 0.3) is 10.9 Å². The van der Waals surface area contributed by atoms with Crippen molar-refractivity contribution in [1.29, 1.82) is 0 Å². The van der Waals surface area contributed by atoms with Crippen LogP contribution in [-0.2, 0) is 0 Å². The number of ketones is 2. The number of rotatable bonds is 1. The zero-order chi connectivity index (χ0) is 17.0. The maximum Gasteiger partial charge on any atom is 0.218 e. The van der Waals surface area contributed by atoms with E-state index in [0.717, 1.165) is 15.4 Å². The van der Waals surface area contributed by atoms with Gasteiger partial charge in [0.05, 0.1) is 23.8 Å². The Morgan fingerprint density at radius 1 is 1.04 bits per heavy atom. The fraction of sp³-hybridized carbons (Fsp3) is 0.111. The van der Waals surface area contributed by atoms with Crippen molar-refractivity contribution in [2.75, 3.05) is 7.11 Å². The van der Waals surface area contributed by atoms with Crippen LogP contribution >= 0.6 is 15.9 Å². The van der Waals surface area contributed by atoms with Gasteiger partial charge in [0.1, 0.15) is 17.1 Å². The normalized spacial score (nSPS) is 13.0. The number of methoxy groups -OCH3 is 1. The van der Waals surface area contributed by atoms with Gasteiger partial charge in [-0.3, -0.25) is 14.6 Å². The lowest BCUT2D eigenvalue weighted by molar-refractivity contribution is 0.0969. The summed E-state index contributed by atoms with van der Waals surface area (Å²) in [4.78, 5) is 34.5. The van der Waals surface area contributed by atoms with Crippen molar-refractivity contribution >= 4 is 38.4 Å². The molecule has 0 amide bonds. The number of hydrogen-bond donors (Lipinski definition) is 0. The highest BCUT2D eigenvalue weighted by molar-refractivity contribution is 9.10. The molecule has 0 spiro atoms. The number of carbonyl (C=O) groups is 2. The molecular weight excluding hydrogens is 372 g/mol. The Morgan fingerprint density at radius 2 is 1.79 bits per heavy atom. The van der Waals surface area contributed by atoms with Gasteiger partial charge in [-0.05, 0) is 36.8 Å². The molecule has 1 aromatic carbocycles. The predicted octanol–water partition coefficient (Wildman–Crippen LogP) is 3.48. The van der Waals surface area contributed by atoms with E-state index in [4.69, 9.17) is 4.74 Å². The van der Waals surface area contributed by atoms with Crippen molar-refractivity contribution < 1.29 is 14.3 Å². The number of pyridine rings is 2. The highest BCUT2D eigenvalue weighted by atomic mass is 79.9. The van der Waals surface area contributed by atoms with Crippen LogP contribution in [0, 0.1) is 6.92 Å². The van der Waals surface area contributed by atoms with Crippen LogP contribution in [0.3, 0.4) is 0 Å². The molecule has 4 rings (SSSR count). The lowest BCUT2D eigenvalue weighted by Crippen LogP contribution is -2.25. The molecule has 0 saturated carbocycles. The number of carbonyl (C=O) groups excluding carboxylic acids is 2. The first kappa shape index (κ1) is 15.0. The van der Waals surface area contributed by atoms with Crippen molar-refractivity contribution in [1.82, 2.24) is 9.97 Å². The van der Waals surface area contributed by atoms with Gasteiger partial charge in [0, 0.05) is 16.1 Å². The highest BCUT2D eigenvalue weighted by Gasteiger charge is 2.36. The molecule has 118 valence electrons. The van der Waals surface area contributed by atoms with Crippen molar-refractivity contribution in [3.63, 3.8) is 0 Å². The number of hydrogen-bond acceptors (Lipinski definition) is 5. The minimum atomic E-state index is -0.336. The Labute approximate surface area is 145 Å². The Balaban J connectivity index is 2.10. The van der Waals surface area contributed by atoms with Crippen LogP contribution in [0.15, 0.2) is 34.9 Å². The molecule has 0 atom stereocenters. The summed E-state index contributed by atoms with van der Waals surface area (Å²) in [6.45, 7) is 1.83. The molecule has 0 unspecified atom stereocenters. The van der Waals surface area contributed by atoms with E-state index in [1.807, 2.05) is 25.1 Å². The lowest BCUT2D eigenvalue weighted by atomic mass is 9.86. The quantitative estimate of drug-likeness (QED) is 0.503. The van der Waals surface area contributed by atoms with Crippen LogP contribution in [-0.4, -0.2) is 28.6 Å². The first-order chi connectivity index (χ1) is 11.5. The topological polar surface area (TPSA) is 69.2 Å². The molecule has 0 fully saturated rings. The average molecular weight is 383 g/mol. The van der Waals surface area contributed by atoms with Gasteiger partial charge in [0.2, 0.25) is 11.6 Å². The first-order valence-corrected chi connectivity index (χ1v) is 8.04. The fourth-order valence-electron chi connectivity index (χ4n) is 3.08. The van der Waals surface area contributed by atoms with Crippen molar-refractivity contribution in [3.05, 3.63) is 63.0 Å².